The minimum atomic E-state index is -4.67. The van der Waals surface area contributed by atoms with Crippen molar-refractivity contribution in [1.82, 2.24) is 0 Å². The number of nitrogens with zero attached hydrogens (tertiary/aromatic N) is 1. The topological polar surface area (TPSA) is 85.3 Å². The summed E-state index contributed by atoms with van der Waals surface area (Å²) in [5.74, 6) is -2.39. The van der Waals surface area contributed by atoms with Crippen molar-refractivity contribution in [3.05, 3.63) is 58.2 Å². The largest absolute Gasteiger partial charge is 0.463 e. The number of nitriles is 1. The zero-order chi connectivity index (χ0) is 19.5. The lowest BCUT2D eigenvalue weighted by Crippen LogP contribution is -2.27. The fourth-order valence-electron chi connectivity index (χ4n) is 2.83. The standard InChI is InChI=1S/C18H17F3N2O3/c1-3-13-15(17(24)25-4-2)14(11(9-22)16(23)26-13)10-7-5-6-8-12(10)18(19,20)21/h5-8,14H,3-4,23H2,1-2H3/t14-/m0/s1. The predicted octanol–water partition coefficient (Wildman–Crippen LogP) is 3.74. The van der Waals surface area contributed by atoms with Gasteiger partial charge in [-0.15, -0.1) is 0 Å². The van der Waals surface area contributed by atoms with E-state index in [1.807, 2.05) is 0 Å². The molecule has 0 spiro atoms. The Kier molecular flexibility index (Phi) is 5.60. The highest BCUT2D eigenvalue weighted by Gasteiger charge is 2.42. The SMILES string of the molecule is CCOC(=O)C1=C(CC)OC(N)=C(C#N)[C@@H]1c1ccccc1C(F)(F)F. The maximum atomic E-state index is 13.5. The van der Waals surface area contributed by atoms with Crippen molar-refractivity contribution in [2.75, 3.05) is 6.61 Å². The van der Waals surface area contributed by atoms with Gasteiger partial charge in [0, 0.05) is 6.42 Å². The average Bonchev–Trinajstić information content (AvgIpc) is 2.60. The third-order valence-electron chi connectivity index (χ3n) is 3.89. The summed E-state index contributed by atoms with van der Waals surface area (Å²) < 4.78 is 50.8. The number of benzene rings is 1. The molecule has 0 aliphatic carbocycles. The van der Waals surface area contributed by atoms with Crippen LogP contribution in [0.25, 0.3) is 0 Å². The molecule has 0 saturated carbocycles. The second kappa shape index (κ2) is 7.52. The van der Waals surface area contributed by atoms with Gasteiger partial charge in [0.1, 0.15) is 17.4 Å². The first-order valence-electron chi connectivity index (χ1n) is 7.90. The Morgan fingerprint density at radius 3 is 2.54 bits per heavy atom. The van der Waals surface area contributed by atoms with Crippen molar-refractivity contribution in [3.63, 3.8) is 0 Å². The van der Waals surface area contributed by atoms with Crippen LogP contribution in [0.1, 0.15) is 37.3 Å². The van der Waals surface area contributed by atoms with Gasteiger partial charge < -0.3 is 15.2 Å². The van der Waals surface area contributed by atoms with Crippen molar-refractivity contribution in [1.29, 1.82) is 5.26 Å². The van der Waals surface area contributed by atoms with E-state index in [0.717, 1.165) is 6.07 Å². The summed E-state index contributed by atoms with van der Waals surface area (Å²) in [6.07, 6.45) is -4.48. The summed E-state index contributed by atoms with van der Waals surface area (Å²) in [4.78, 5) is 12.5. The van der Waals surface area contributed by atoms with E-state index in [-0.39, 0.29) is 41.4 Å². The van der Waals surface area contributed by atoms with Crippen LogP contribution in [0.5, 0.6) is 0 Å². The van der Waals surface area contributed by atoms with Gasteiger partial charge in [0.15, 0.2) is 0 Å². The summed E-state index contributed by atoms with van der Waals surface area (Å²) in [5, 5.41) is 9.45. The average molecular weight is 366 g/mol. The van der Waals surface area contributed by atoms with Gasteiger partial charge in [-0.25, -0.2) is 4.79 Å². The Balaban J connectivity index is 2.79. The maximum absolute atomic E-state index is 13.5. The molecule has 0 fully saturated rings. The van der Waals surface area contributed by atoms with Crippen molar-refractivity contribution in [2.45, 2.75) is 32.4 Å². The fraction of sp³-hybridized carbons (Fsp3) is 0.333. The molecular formula is C18H17F3N2O3. The predicted molar refractivity (Wildman–Crippen MR) is 86.0 cm³/mol. The lowest BCUT2D eigenvalue weighted by Gasteiger charge is -2.29. The van der Waals surface area contributed by atoms with Gasteiger partial charge >= 0.3 is 12.1 Å². The minimum absolute atomic E-state index is 0.0219. The molecule has 2 rings (SSSR count). The number of hydrogen-bond acceptors (Lipinski definition) is 5. The first-order chi connectivity index (χ1) is 12.3. The summed E-state index contributed by atoms with van der Waals surface area (Å²) in [6.45, 7) is 3.25. The number of ether oxygens (including phenoxy) is 2. The first-order valence-corrected chi connectivity index (χ1v) is 7.90. The van der Waals surface area contributed by atoms with Crippen LogP contribution in [0, 0.1) is 11.3 Å². The monoisotopic (exact) mass is 366 g/mol. The maximum Gasteiger partial charge on any atom is 0.416 e. The third kappa shape index (κ3) is 3.52. The summed E-state index contributed by atoms with van der Waals surface area (Å²) in [7, 11) is 0. The van der Waals surface area contributed by atoms with E-state index in [9.17, 15) is 23.2 Å². The van der Waals surface area contributed by atoms with E-state index in [0.29, 0.717) is 0 Å². The van der Waals surface area contributed by atoms with Crippen molar-refractivity contribution in [2.24, 2.45) is 5.73 Å². The number of alkyl halides is 3. The first kappa shape index (κ1) is 19.4. The zero-order valence-electron chi connectivity index (χ0n) is 14.2. The van der Waals surface area contributed by atoms with Gasteiger partial charge in [-0.2, -0.15) is 18.4 Å². The highest BCUT2D eigenvalue weighted by Crippen LogP contribution is 2.45. The van der Waals surface area contributed by atoms with E-state index in [1.54, 1.807) is 19.9 Å². The van der Waals surface area contributed by atoms with Gasteiger partial charge in [0.05, 0.1) is 23.7 Å². The Labute approximate surface area is 148 Å². The van der Waals surface area contributed by atoms with Crippen LogP contribution in [-0.2, 0) is 20.4 Å². The molecule has 138 valence electrons. The molecule has 1 aliphatic rings. The molecule has 0 bridgehead atoms. The van der Waals surface area contributed by atoms with E-state index >= 15 is 0 Å². The number of carbonyl (C=O) groups excluding carboxylic acids is 1. The van der Waals surface area contributed by atoms with Gasteiger partial charge in [-0.3, -0.25) is 0 Å². The van der Waals surface area contributed by atoms with Crippen LogP contribution < -0.4 is 5.73 Å². The molecule has 0 saturated heterocycles. The third-order valence-corrected chi connectivity index (χ3v) is 3.89. The van der Waals surface area contributed by atoms with E-state index in [1.165, 1.54) is 18.2 Å². The molecule has 1 atom stereocenters. The molecule has 1 aromatic carbocycles. The van der Waals surface area contributed by atoms with E-state index in [4.69, 9.17) is 15.2 Å². The highest BCUT2D eigenvalue weighted by atomic mass is 19.4. The van der Waals surface area contributed by atoms with Gasteiger partial charge in [0.25, 0.3) is 0 Å². The number of esters is 1. The van der Waals surface area contributed by atoms with Crippen LogP contribution in [-0.4, -0.2) is 12.6 Å². The van der Waals surface area contributed by atoms with Crippen LogP contribution in [0.3, 0.4) is 0 Å². The lowest BCUT2D eigenvalue weighted by atomic mass is 9.80. The normalized spacial score (nSPS) is 17.6. The number of hydrogen-bond donors (Lipinski definition) is 1. The fourth-order valence-corrected chi connectivity index (χ4v) is 2.83. The van der Waals surface area contributed by atoms with Crippen molar-refractivity contribution >= 4 is 5.97 Å². The molecule has 0 radical (unpaired) electrons. The summed E-state index contributed by atoms with van der Waals surface area (Å²) in [5.41, 5.74) is 4.14. The molecule has 8 heteroatoms. The Hall–Kier alpha value is -2.95. The Morgan fingerprint density at radius 2 is 2.00 bits per heavy atom. The number of allylic oxidation sites excluding steroid dienone is 2. The smallest absolute Gasteiger partial charge is 0.416 e. The highest BCUT2D eigenvalue weighted by molar-refractivity contribution is 5.92. The molecule has 0 amide bonds. The molecule has 26 heavy (non-hydrogen) atoms. The minimum Gasteiger partial charge on any atom is -0.463 e. The lowest BCUT2D eigenvalue weighted by molar-refractivity contribution is -0.140. The molecule has 5 nitrogen and oxygen atoms in total. The van der Waals surface area contributed by atoms with E-state index < -0.39 is 23.6 Å². The second-order valence-electron chi connectivity index (χ2n) is 5.42. The number of halogens is 3. The number of carbonyl (C=O) groups is 1. The zero-order valence-corrected chi connectivity index (χ0v) is 14.2. The van der Waals surface area contributed by atoms with Gasteiger partial charge in [0.2, 0.25) is 5.88 Å². The van der Waals surface area contributed by atoms with Crippen molar-refractivity contribution < 1.29 is 27.4 Å². The van der Waals surface area contributed by atoms with Crippen LogP contribution in [0.2, 0.25) is 0 Å². The van der Waals surface area contributed by atoms with E-state index in [2.05, 4.69) is 0 Å². The Morgan fingerprint density at radius 1 is 1.35 bits per heavy atom. The van der Waals surface area contributed by atoms with Crippen LogP contribution in [0.4, 0.5) is 13.2 Å². The molecule has 0 unspecified atom stereocenters. The molecule has 1 heterocycles. The molecule has 1 aromatic rings. The molecule has 2 N–H and O–H groups in total. The van der Waals surface area contributed by atoms with Crippen molar-refractivity contribution in [3.8, 4) is 6.07 Å². The van der Waals surface area contributed by atoms with Gasteiger partial charge in [-0.05, 0) is 18.6 Å². The molecule has 1 aliphatic heterocycles. The number of rotatable bonds is 4. The summed E-state index contributed by atoms with van der Waals surface area (Å²) in [6, 6.07) is 6.52. The summed E-state index contributed by atoms with van der Waals surface area (Å²) >= 11 is 0. The number of nitrogens with two attached hydrogens (primary N) is 1. The second-order valence-corrected chi connectivity index (χ2v) is 5.42. The van der Waals surface area contributed by atoms with Crippen LogP contribution >= 0.6 is 0 Å². The van der Waals surface area contributed by atoms with Crippen LogP contribution in [0.15, 0.2) is 47.1 Å². The van der Waals surface area contributed by atoms with Gasteiger partial charge in [-0.1, -0.05) is 25.1 Å². The Bertz CT molecular complexity index is 820. The molecular weight excluding hydrogens is 349 g/mol. The quantitative estimate of drug-likeness (QED) is 0.821. The molecule has 0 aromatic heterocycles.